The van der Waals surface area contributed by atoms with Crippen molar-refractivity contribution in [3.05, 3.63) is 60.2 Å². The Morgan fingerprint density at radius 1 is 0.575 bits per heavy atom. The van der Waals surface area contributed by atoms with Gasteiger partial charge in [0, 0.05) is 5.56 Å². The number of rotatable bonds is 21. The van der Waals surface area contributed by atoms with E-state index >= 15 is 0 Å². The summed E-state index contributed by atoms with van der Waals surface area (Å²) in [6.07, 6.45) is 22.5. The van der Waals surface area contributed by atoms with Gasteiger partial charge in [0.15, 0.2) is 0 Å². The van der Waals surface area contributed by atoms with E-state index in [1.54, 1.807) is 0 Å². The van der Waals surface area contributed by atoms with Crippen LogP contribution < -0.4 is 9.22 Å². The van der Waals surface area contributed by atoms with Crippen LogP contribution in [0.5, 0.6) is 5.75 Å². The molecule has 0 aliphatic rings. The molecule has 0 saturated heterocycles. The zero-order chi connectivity index (χ0) is 29.5. The molecule has 0 atom stereocenters. The van der Waals surface area contributed by atoms with Crippen LogP contribution in [-0.2, 0) is 6.54 Å². The molecule has 0 bridgehead atoms. The van der Waals surface area contributed by atoms with Crippen molar-refractivity contribution >= 4 is 12.9 Å². The molecule has 7 heteroatoms. The predicted molar refractivity (Wildman–Crippen MR) is 165 cm³/mol. The van der Waals surface area contributed by atoms with Gasteiger partial charge < -0.3 is 22.0 Å². The van der Waals surface area contributed by atoms with Crippen LogP contribution in [0, 0.1) is 0 Å². The Morgan fingerprint density at radius 2 is 0.975 bits per heavy atom. The van der Waals surface area contributed by atoms with Crippen molar-refractivity contribution in [1.29, 1.82) is 0 Å². The van der Waals surface area contributed by atoms with Gasteiger partial charge in [0.05, 0.1) is 20.7 Å². The maximum absolute atomic E-state index is 9.75. The molecule has 2 rings (SSSR count). The van der Waals surface area contributed by atoms with Gasteiger partial charge in [0.25, 0.3) is 0 Å². The topological polar surface area (TPSA) is 9.23 Å². The lowest BCUT2D eigenvalue weighted by Crippen LogP contribution is -2.39. The van der Waals surface area contributed by atoms with Gasteiger partial charge >= 0.3 is 7.25 Å². The summed E-state index contributed by atoms with van der Waals surface area (Å²) < 4.78 is 45.8. The minimum Gasteiger partial charge on any atom is -0.494 e. The Bertz CT molecular complexity index is 838. The molecule has 0 amide bonds. The van der Waals surface area contributed by atoms with E-state index in [4.69, 9.17) is 4.74 Å². The van der Waals surface area contributed by atoms with E-state index in [2.05, 4.69) is 75.6 Å². The van der Waals surface area contributed by atoms with Crippen LogP contribution in [0.4, 0.5) is 23.0 Å². The third-order valence-electron chi connectivity index (χ3n) is 7.22. The first-order chi connectivity index (χ1) is 19.1. The maximum Gasteiger partial charge on any atom is 0.673 e. The molecule has 2 aromatic carbocycles. The second-order valence-electron chi connectivity index (χ2n) is 11.5. The Hall–Kier alpha value is -2.02. The molecule has 0 aliphatic carbocycles. The number of unbranched alkanes of at least 4 members (excludes halogenated alkanes) is 15. The molecule has 0 spiro atoms. The van der Waals surface area contributed by atoms with Crippen molar-refractivity contribution in [3.8, 4) is 5.75 Å². The van der Waals surface area contributed by atoms with Crippen LogP contribution in [0.3, 0.4) is 0 Å². The molecule has 228 valence electrons. The minimum absolute atomic E-state index is 0.837. The number of hydrogen-bond acceptors (Lipinski definition) is 1. The number of benzene rings is 2. The summed E-state index contributed by atoms with van der Waals surface area (Å²) in [7, 11) is -1.48. The fourth-order valence-corrected chi connectivity index (χ4v) is 4.91. The molecular formula is C33H54BF4NO. The van der Waals surface area contributed by atoms with Crippen LogP contribution in [0.2, 0.25) is 0 Å². The van der Waals surface area contributed by atoms with E-state index in [9.17, 15) is 17.3 Å². The van der Waals surface area contributed by atoms with Gasteiger partial charge in [-0.3, -0.25) is 4.48 Å². The predicted octanol–water partition coefficient (Wildman–Crippen LogP) is 11.4. The third kappa shape index (κ3) is 20.8. The SMILES string of the molecule is CCCCCCCCCCCCCCCCCCOc1ccc(C[N+](C)(C)c2ccccc2)cc1.F[B-](F)(F)F. The monoisotopic (exact) mass is 567 g/mol. The Labute approximate surface area is 242 Å². The number of para-hydroxylation sites is 1. The average molecular weight is 568 g/mol. The van der Waals surface area contributed by atoms with Crippen molar-refractivity contribution in [2.75, 3.05) is 20.7 Å². The number of hydrogen-bond donors (Lipinski definition) is 0. The second kappa shape index (κ2) is 21.7. The average Bonchev–Trinajstić information content (AvgIpc) is 2.91. The van der Waals surface area contributed by atoms with E-state index < -0.39 is 7.25 Å². The maximum atomic E-state index is 9.75. The van der Waals surface area contributed by atoms with Crippen LogP contribution in [0.1, 0.15) is 115 Å². The molecule has 0 unspecified atom stereocenters. The van der Waals surface area contributed by atoms with Gasteiger partial charge in [0.2, 0.25) is 0 Å². The lowest BCUT2D eigenvalue weighted by Gasteiger charge is -2.29. The third-order valence-corrected chi connectivity index (χ3v) is 7.22. The molecular weight excluding hydrogens is 513 g/mol. The van der Waals surface area contributed by atoms with E-state index in [1.807, 2.05) is 0 Å². The molecule has 0 saturated carbocycles. The van der Waals surface area contributed by atoms with Crippen molar-refractivity contribution in [2.45, 2.75) is 116 Å². The first-order valence-electron chi connectivity index (χ1n) is 15.6. The largest absolute Gasteiger partial charge is 0.673 e. The molecule has 2 nitrogen and oxygen atoms in total. The van der Waals surface area contributed by atoms with Crippen molar-refractivity contribution in [1.82, 2.24) is 4.48 Å². The molecule has 0 aromatic heterocycles. The normalized spacial score (nSPS) is 11.7. The van der Waals surface area contributed by atoms with E-state index in [0.29, 0.717) is 0 Å². The van der Waals surface area contributed by atoms with Crippen molar-refractivity contribution in [2.24, 2.45) is 0 Å². The van der Waals surface area contributed by atoms with Crippen LogP contribution in [-0.4, -0.2) is 28.0 Å². The first kappa shape index (κ1) is 36.0. The van der Waals surface area contributed by atoms with Crippen molar-refractivity contribution < 1.29 is 22.0 Å². The molecule has 40 heavy (non-hydrogen) atoms. The zero-order valence-corrected chi connectivity index (χ0v) is 25.4. The Kier molecular flexibility index (Phi) is 19.5. The van der Waals surface area contributed by atoms with E-state index in [0.717, 1.165) is 29.8 Å². The van der Waals surface area contributed by atoms with Gasteiger partial charge in [-0.1, -0.05) is 121 Å². The summed E-state index contributed by atoms with van der Waals surface area (Å²) in [4.78, 5) is 0. The lowest BCUT2D eigenvalue weighted by atomic mass is 10.0. The van der Waals surface area contributed by atoms with Gasteiger partial charge in [0.1, 0.15) is 18.0 Å². The molecule has 2 aromatic rings. The highest BCUT2D eigenvalue weighted by atomic mass is 19.5. The number of quaternary nitrogens is 1. The van der Waals surface area contributed by atoms with E-state index in [-0.39, 0.29) is 0 Å². The first-order valence-corrected chi connectivity index (χ1v) is 15.6. The summed E-state index contributed by atoms with van der Waals surface area (Å²) >= 11 is 0. The Morgan fingerprint density at radius 3 is 1.40 bits per heavy atom. The lowest BCUT2D eigenvalue weighted by molar-refractivity contribution is 0.304. The highest BCUT2D eigenvalue weighted by Crippen LogP contribution is 2.23. The molecule has 0 aliphatic heterocycles. The van der Waals surface area contributed by atoms with Crippen LogP contribution in [0.15, 0.2) is 54.6 Å². The molecule has 0 heterocycles. The molecule has 0 radical (unpaired) electrons. The molecule has 0 N–H and O–H groups in total. The number of halogens is 4. The summed E-state index contributed by atoms with van der Waals surface area (Å²) in [5.74, 6) is 1.000. The highest BCUT2D eigenvalue weighted by molar-refractivity contribution is 6.50. The number of nitrogens with zero attached hydrogens (tertiary/aromatic N) is 1. The van der Waals surface area contributed by atoms with Crippen molar-refractivity contribution in [3.63, 3.8) is 0 Å². The highest BCUT2D eigenvalue weighted by Gasteiger charge is 2.20. The quantitative estimate of drug-likeness (QED) is 0.0631. The smallest absolute Gasteiger partial charge is 0.494 e. The van der Waals surface area contributed by atoms with Gasteiger partial charge in [-0.25, -0.2) is 0 Å². The standard InChI is InChI=1S/C33H54NO.BF4/c1-4-5-6-7-8-9-10-11-12-13-14-15-16-17-18-22-29-35-33-27-25-31(26-28-33)30-34(2,3)32-23-20-19-21-24-32;2-1(3,4)5/h19-21,23-28H,4-18,22,29-30H2,1-3H3;/q+1;-1. The Balaban J connectivity index is 0.00000146. The van der Waals surface area contributed by atoms with Gasteiger partial charge in [-0.05, 0) is 42.8 Å². The zero-order valence-electron chi connectivity index (χ0n) is 25.4. The molecule has 0 fully saturated rings. The fourth-order valence-electron chi connectivity index (χ4n) is 4.91. The minimum atomic E-state index is -6.00. The summed E-state index contributed by atoms with van der Waals surface area (Å²) in [6.45, 7) is 4.11. The van der Waals surface area contributed by atoms with Gasteiger partial charge in [-0.15, -0.1) is 0 Å². The van der Waals surface area contributed by atoms with Crippen LogP contribution >= 0.6 is 0 Å². The van der Waals surface area contributed by atoms with E-state index in [1.165, 1.54) is 108 Å². The fraction of sp³-hybridized carbons (Fsp3) is 0.636. The number of ether oxygens (including phenoxy) is 1. The second-order valence-corrected chi connectivity index (χ2v) is 11.5. The van der Waals surface area contributed by atoms with Gasteiger partial charge in [-0.2, -0.15) is 0 Å². The van der Waals surface area contributed by atoms with Crippen LogP contribution in [0.25, 0.3) is 0 Å². The summed E-state index contributed by atoms with van der Waals surface area (Å²) in [6, 6.07) is 19.4. The summed E-state index contributed by atoms with van der Waals surface area (Å²) in [5.41, 5.74) is 2.67. The summed E-state index contributed by atoms with van der Waals surface area (Å²) in [5, 5.41) is 0.